The topological polar surface area (TPSA) is 125 Å². The Morgan fingerprint density at radius 3 is 2.15 bits per heavy atom. The fourth-order valence-corrected chi connectivity index (χ4v) is 3.78. The molecule has 33 heavy (non-hydrogen) atoms. The van der Waals surface area contributed by atoms with Gasteiger partial charge < -0.3 is 20.3 Å². The van der Waals surface area contributed by atoms with E-state index in [0.717, 1.165) is 4.90 Å². The maximum Gasteiger partial charge on any atom is 0.407 e. The SMILES string of the molecule is CC(C)(C)OC(=O)NCCC(=O)NC1CCN(C(=O)CN2C(=O)c3ccccc3C2=O)CC1. The van der Waals surface area contributed by atoms with Gasteiger partial charge in [-0.05, 0) is 45.7 Å². The highest BCUT2D eigenvalue weighted by Crippen LogP contribution is 2.22. The zero-order valence-electron chi connectivity index (χ0n) is 19.2. The predicted octanol–water partition coefficient (Wildman–Crippen LogP) is 1.30. The summed E-state index contributed by atoms with van der Waals surface area (Å²) in [4.78, 5) is 63.9. The molecule has 1 fully saturated rings. The molecule has 0 radical (unpaired) electrons. The first-order chi connectivity index (χ1) is 15.5. The van der Waals surface area contributed by atoms with Crippen LogP contribution in [0.5, 0.6) is 0 Å². The van der Waals surface area contributed by atoms with E-state index in [1.807, 2.05) is 0 Å². The number of nitrogens with zero attached hydrogens (tertiary/aromatic N) is 2. The maximum absolute atomic E-state index is 12.7. The van der Waals surface area contributed by atoms with Crippen molar-refractivity contribution in [3.63, 3.8) is 0 Å². The molecule has 5 amide bonds. The minimum absolute atomic E-state index is 0.0811. The van der Waals surface area contributed by atoms with E-state index >= 15 is 0 Å². The second-order valence-electron chi connectivity index (χ2n) is 9.14. The number of rotatable bonds is 6. The highest BCUT2D eigenvalue weighted by molar-refractivity contribution is 6.22. The lowest BCUT2D eigenvalue weighted by Gasteiger charge is -2.33. The fraction of sp³-hybridized carbons (Fsp3) is 0.522. The van der Waals surface area contributed by atoms with E-state index in [-0.39, 0.29) is 37.4 Å². The number of hydrogen-bond acceptors (Lipinski definition) is 6. The van der Waals surface area contributed by atoms with E-state index in [9.17, 15) is 24.0 Å². The first-order valence-electron chi connectivity index (χ1n) is 11.0. The molecule has 2 aliphatic heterocycles. The average Bonchev–Trinajstić information content (AvgIpc) is 2.98. The normalized spacial score (nSPS) is 16.5. The summed E-state index contributed by atoms with van der Waals surface area (Å²) >= 11 is 0. The molecule has 10 nitrogen and oxygen atoms in total. The van der Waals surface area contributed by atoms with Gasteiger partial charge in [0.05, 0.1) is 11.1 Å². The quantitative estimate of drug-likeness (QED) is 0.619. The molecular weight excluding hydrogens is 428 g/mol. The summed E-state index contributed by atoms with van der Waals surface area (Å²) in [6.45, 7) is 5.99. The number of amides is 5. The van der Waals surface area contributed by atoms with Gasteiger partial charge in [0, 0.05) is 32.1 Å². The minimum atomic E-state index is -0.600. The number of hydrogen-bond donors (Lipinski definition) is 2. The van der Waals surface area contributed by atoms with Gasteiger partial charge in [-0.15, -0.1) is 0 Å². The van der Waals surface area contributed by atoms with Crippen LogP contribution in [-0.2, 0) is 14.3 Å². The molecule has 0 bridgehead atoms. The Hall–Kier alpha value is -3.43. The molecule has 0 unspecified atom stereocenters. The summed E-state index contributed by atoms with van der Waals surface area (Å²) < 4.78 is 5.12. The van der Waals surface area contributed by atoms with Crippen molar-refractivity contribution in [3.8, 4) is 0 Å². The first-order valence-corrected chi connectivity index (χ1v) is 11.0. The van der Waals surface area contributed by atoms with E-state index in [2.05, 4.69) is 10.6 Å². The second kappa shape index (κ2) is 10.0. The van der Waals surface area contributed by atoms with Gasteiger partial charge in [-0.3, -0.25) is 24.1 Å². The van der Waals surface area contributed by atoms with Gasteiger partial charge in [0.1, 0.15) is 12.1 Å². The lowest BCUT2D eigenvalue weighted by molar-refractivity contribution is -0.132. The molecular formula is C23H30N4O6. The molecule has 2 N–H and O–H groups in total. The van der Waals surface area contributed by atoms with E-state index in [0.29, 0.717) is 37.1 Å². The monoisotopic (exact) mass is 458 g/mol. The van der Waals surface area contributed by atoms with Gasteiger partial charge in [-0.2, -0.15) is 0 Å². The van der Waals surface area contributed by atoms with Crippen molar-refractivity contribution in [3.05, 3.63) is 35.4 Å². The van der Waals surface area contributed by atoms with Crippen molar-refractivity contribution in [2.45, 2.75) is 51.7 Å². The van der Waals surface area contributed by atoms with Gasteiger partial charge >= 0.3 is 6.09 Å². The largest absolute Gasteiger partial charge is 0.444 e. The average molecular weight is 459 g/mol. The number of ether oxygens (including phenoxy) is 1. The molecule has 0 saturated carbocycles. The van der Waals surface area contributed by atoms with Crippen molar-refractivity contribution in [1.29, 1.82) is 0 Å². The first kappa shape index (κ1) is 24.2. The number of fused-ring (bicyclic) bond motifs is 1. The molecule has 2 aliphatic rings. The summed E-state index contributed by atoms with van der Waals surface area (Å²) in [7, 11) is 0. The molecule has 2 heterocycles. The lowest BCUT2D eigenvalue weighted by Crippen LogP contribution is -2.49. The van der Waals surface area contributed by atoms with Crippen molar-refractivity contribution in [2.24, 2.45) is 0 Å². The van der Waals surface area contributed by atoms with E-state index < -0.39 is 23.5 Å². The molecule has 0 spiro atoms. The minimum Gasteiger partial charge on any atom is -0.444 e. The molecule has 1 aromatic rings. The zero-order valence-corrected chi connectivity index (χ0v) is 19.2. The molecule has 0 aromatic heterocycles. The molecule has 1 saturated heterocycles. The van der Waals surface area contributed by atoms with Crippen LogP contribution in [0.1, 0.15) is 60.7 Å². The van der Waals surface area contributed by atoms with Crippen LogP contribution in [0, 0.1) is 0 Å². The summed E-state index contributed by atoms with van der Waals surface area (Å²) in [5.74, 6) is -1.39. The van der Waals surface area contributed by atoms with Crippen molar-refractivity contribution >= 4 is 29.7 Å². The Labute approximate surface area is 192 Å². The van der Waals surface area contributed by atoms with Crippen LogP contribution in [-0.4, -0.2) is 77.3 Å². The summed E-state index contributed by atoms with van der Waals surface area (Å²) in [6, 6.07) is 6.45. The van der Waals surface area contributed by atoms with Crippen LogP contribution in [0.3, 0.4) is 0 Å². The number of carbonyl (C=O) groups is 5. The third-order valence-corrected chi connectivity index (χ3v) is 5.40. The summed E-state index contributed by atoms with van der Waals surface area (Å²) in [5, 5.41) is 5.45. The number of piperidine rings is 1. The Balaban J connectivity index is 1.38. The second-order valence-corrected chi connectivity index (χ2v) is 9.14. The highest BCUT2D eigenvalue weighted by atomic mass is 16.6. The van der Waals surface area contributed by atoms with Crippen molar-refractivity contribution in [2.75, 3.05) is 26.2 Å². The maximum atomic E-state index is 12.7. The van der Waals surface area contributed by atoms with E-state index in [1.54, 1.807) is 49.9 Å². The Morgan fingerprint density at radius 2 is 1.61 bits per heavy atom. The summed E-state index contributed by atoms with van der Waals surface area (Å²) in [6.07, 6.45) is 0.691. The molecule has 178 valence electrons. The van der Waals surface area contributed by atoms with E-state index in [1.165, 1.54) is 0 Å². The van der Waals surface area contributed by atoms with Gasteiger partial charge in [-0.25, -0.2) is 4.79 Å². The van der Waals surface area contributed by atoms with Crippen LogP contribution < -0.4 is 10.6 Å². The van der Waals surface area contributed by atoms with Gasteiger partial charge in [0.15, 0.2) is 0 Å². The molecule has 1 aromatic carbocycles. The number of alkyl carbamates (subject to hydrolysis) is 1. The predicted molar refractivity (Wildman–Crippen MR) is 118 cm³/mol. The third kappa shape index (κ3) is 6.30. The fourth-order valence-electron chi connectivity index (χ4n) is 3.78. The molecule has 10 heteroatoms. The van der Waals surface area contributed by atoms with Gasteiger partial charge in [0.25, 0.3) is 11.8 Å². The Kier molecular flexibility index (Phi) is 7.35. The van der Waals surface area contributed by atoms with Crippen LogP contribution in [0.15, 0.2) is 24.3 Å². The zero-order chi connectivity index (χ0) is 24.2. The number of benzene rings is 1. The molecule has 3 rings (SSSR count). The van der Waals surface area contributed by atoms with Gasteiger partial charge in [-0.1, -0.05) is 12.1 Å². The van der Waals surface area contributed by atoms with Crippen molar-refractivity contribution in [1.82, 2.24) is 20.4 Å². The molecule has 0 atom stereocenters. The van der Waals surface area contributed by atoms with E-state index in [4.69, 9.17) is 4.74 Å². The van der Waals surface area contributed by atoms with Crippen molar-refractivity contribution < 1.29 is 28.7 Å². The number of imide groups is 1. The van der Waals surface area contributed by atoms with Crippen LogP contribution in [0.2, 0.25) is 0 Å². The Bertz CT molecular complexity index is 912. The third-order valence-electron chi connectivity index (χ3n) is 5.40. The molecule has 0 aliphatic carbocycles. The van der Waals surface area contributed by atoms with Crippen LogP contribution in [0.25, 0.3) is 0 Å². The number of likely N-dealkylation sites (tertiary alicyclic amines) is 1. The smallest absolute Gasteiger partial charge is 0.407 e. The Morgan fingerprint density at radius 1 is 1.03 bits per heavy atom. The lowest BCUT2D eigenvalue weighted by atomic mass is 10.0. The van der Waals surface area contributed by atoms with Crippen LogP contribution >= 0.6 is 0 Å². The number of carbonyl (C=O) groups excluding carboxylic acids is 5. The number of nitrogens with one attached hydrogen (secondary N) is 2. The highest BCUT2D eigenvalue weighted by Gasteiger charge is 2.37. The van der Waals surface area contributed by atoms with Crippen LogP contribution in [0.4, 0.5) is 4.79 Å². The summed E-state index contributed by atoms with van der Waals surface area (Å²) in [5.41, 5.74) is 0.0348. The standard InChI is InChI=1S/C23H30N4O6/c1-23(2,3)33-22(32)24-11-8-18(28)25-15-9-12-26(13-10-15)19(29)14-27-20(30)16-6-4-5-7-17(16)21(27)31/h4-7,15H,8-14H2,1-3H3,(H,24,32)(H,25,28). The van der Waals surface area contributed by atoms with Gasteiger partial charge in [0.2, 0.25) is 11.8 Å².